The number of amides is 1. The molecule has 0 spiro atoms. The molecule has 1 amide bonds. The molecule has 1 aliphatic rings. The van der Waals surface area contributed by atoms with Crippen LogP contribution in [0.4, 0.5) is 0 Å². The maximum absolute atomic E-state index is 10.9. The number of primary amides is 1. The van der Waals surface area contributed by atoms with Crippen molar-refractivity contribution in [1.29, 1.82) is 0 Å². The summed E-state index contributed by atoms with van der Waals surface area (Å²) < 4.78 is 0. The summed E-state index contributed by atoms with van der Waals surface area (Å²) in [7, 11) is 0. The van der Waals surface area contributed by atoms with Gasteiger partial charge in [-0.25, -0.2) is 10.9 Å². The molecule has 1 saturated heterocycles. The number of rotatable bonds is 1. The van der Waals surface area contributed by atoms with Crippen molar-refractivity contribution in [3.63, 3.8) is 0 Å². The lowest BCUT2D eigenvalue weighted by molar-refractivity contribution is -0.121. The Labute approximate surface area is 72.0 Å². The van der Waals surface area contributed by atoms with Gasteiger partial charge < -0.3 is 5.73 Å². The Kier molecular flexibility index (Phi) is 3.99. The predicted octanol–water partition coefficient (Wildman–Crippen LogP) is -1.13. The molecular formula is C7H16N4O. The first kappa shape index (κ1) is 9.44. The van der Waals surface area contributed by atoms with E-state index in [4.69, 9.17) is 5.73 Å². The number of carbonyl (C=O) groups excluding carboxylic acids is 1. The molecule has 0 bridgehead atoms. The molecule has 12 heavy (non-hydrogen) atoms. The number of carbonyl (C=O) groups is 1. The van der Waals surface area contributed by atoms with Gasteiger partial charge in [-0.3, -0.25) is 4.79 Å². The van der Waals surface area contributed by atoms with E-state index in [-0.39, 0.29) is 11.8 Å². The molecule has 0 saturated carbocycles. The zero-order valence-corrected chi connectivity index (χ0v) is 7.10. The van der Waals surface area contributed by atoms with E-state index in [1.165, 1.54) is 0 Å². The van der Waals surface area contributed by atoms with Crippen LogP contribution in [0, 0.1) is 5.92 Å². The molecule has 1 aliphatic heterocycles. The van der Waals surface area contributed by atoms with Crippen LogP contribution in [0.3, 0.4) is 0 Å². The van der Waals surface area contributed by atoms with Crippen molar-refractivity contribution >= 4 is 5.91 Å². The lowest BCUT2D eigenvalue weighted by atomic mass is 10.0. The molecule has 0 aromatic heterocycles. The summed E-state index contributed by atoms with van der Waals surface area (Å²) in [6.45, 7) is 1.51. The summed E-state index contributed by atoms with van der Waals surface area (Å²) in [5, 5.41) is 0. The Morgan fingerprint density at radius 1 is 1.33 bits per heavy atom. The first-order valence-electron chi connectivity index (χ1n) is 4.31. The second-order valence-electron chi connectivity index (χ2n) is 3.03. The van der Waals surface area contributed by atoms with Gasteiger partial charge in [0.25, 0.3) is 0 Å². The standard InChI is InChI=1S/C7H16N4O/c8-7(12)6-3-1-2-4-9-11-10-5-6/h6,9-11H,1-5H2,(H2,8,12). The van der Waals surface area contributed by atoms with Crippen LogP contribution in [0.5, 0.6) is 0 Å². The molecule has 5 nitrogen and oxygen atoms in total. The minimum Gasteiger partial charge on any atom is -0.369 e. The summed E-state index contributed by atoms with van der Waals surface area (Å²) in [5.41, 5.74) is 13.9. The normalized spacial score (nSPS) is 26.8. The second-order valence-corrected chi connectivity index (χ2v) is 3.03. The topological polar surface area (TPSA) is 79.2 Å². The molecule has 1 fully saturated rings. The zero-order valence-electron chi connectivity index (χ0n) is 7.10. The van der Waals surface area contributed by atoms with Crippen LogP contribution in [0.1, 0.15) is 19.3 Å². The average Bonchev–Trinajstić information content (AvgIpc) is 2.15. The second kappa shape index (κ2) is 5.08. The van der Waals surface area contributed by atoms with Gasteiger partial charge >= 0.3 is 0 Å². The smallest absolute Gasteiger partial charge is 0.221 e. The minimum atomic E-state index is -0.216. The third-order valence-corrected chi connectivity index (χ3v) is 2.03. The van der Waals surface area contributed by atoms with Gasteiger partial charge in [-0.15, -0.1) is 0 Å². The molecule has 70 valence electrons. The number of hydrazine groups is 2. The Balaban J connectivity index is 2.33. The summed E-state index contributed by atoms with van der Waals surface area (Å²) in [6.07, 6.45) is 2.99. The molecule has 0 aliphatic carbocycles. The van der Waals surface area contributed by atoms with E-state index in [9.17, 15) is 4.79 Å². The van der Waals surface area contributed by atoms with Crippen molar-refractivity contribution in [2.45, 2.75) is 19.3 Å². The lowest BCUT2D eigenvalue weighted by Crippen LogP contribution is -2.46. The van der Waals surface area contributed by atoms with Crippen molar-refractivity contribution in [3.8, 4) is 0 Å². The fourth-order valence-corrected chi connectivity index (χ4v) is 1.25. The Hall–Kier alpha value is -0.650. The Morgan fingerprint density at radius 3 is 2.92 bits per heavy atom. The maximum atomic E-state index is 10.9. The highest BCUT2D eigenvalue weighted by Crippen LogP contribution is 2.07. The van der Waals surface area contributed by atoms with Gasteiger partial charge in [-0.1, -0.05) is 6.42 Å². The number of hydrogen-bond donors (Lipinski definition) is 4. The molecule has 5 heteroatoms. The number of nitrogens with two attached hydrogens (primary N) is 1. The van der Waals surface area contributed by atoms with Crippen molar-refractivity contribution in [3.05, 3.63) is 0 Å². The van der Waals surface area contributed by atoms with E-state index in [2.05, 4.69) is 16.4 Å². The largest absolute Gasteiger partial charge is 0.369 e. The van der Waals surface area contributed by atoms with Crippen molar-refractivity contribution in [2.75, 3.05) is 13.1 Å². The lowest BCUT2D eigenvalue weighted by Gasteiger charge is -2.11. The summed E-state index contributed by atoms with van der Waals surface area (Å²) in [6, 6.07) is 0. The molecule has 0 radical (unpaired) electrons. The van der Waals surface area contributed by atoms with E-state index in [0.717, 1.165) is 25.8 Å². The maximum Gasteiger partial charge on any atom is 0.221 e. The van der Waals surface area contributed by atoms with E-state index in [0.29, 0.717) is 6.54 Å². The van der Waals surface area contributed by atoms with Crippen LogP contribution < -0.4 is 22.1 Å². The third-order valence-electron chi connectivity index (χ3n) is 2.03. The minimum absolute atomic E-state index is 0.0441. The van der Waals surface area contributed by atoms with Crippen molar-refractivity contribution in [2.24, 2.45) is 11.7 Å². The summed E-state index contributed by atoms with van der Waals surface area (Å²) in [4.78, 5) is 10.9. The summed E-state index contributed by atoms with van der Waals surface area (Å²) in [5.74, 6) is -0.261. The zero-order chi connectivity index (χ0) is 8.81. The fourth-order valence-electron chi connectivity index (χ4n) is 1.25. The monoisotopic (exact) mass is 172 g/mol. The highest BCUT2D eigenvalue weighted by atomic mass is 16.1. The Morgan fingerprint density at radius 2 is 2.17 bits per heavy atom. The van der Waals surface area contributed by atoms with E-state index < -0.39 is 0 Å². The van der Waals surface area contributed by atoms with Crippen LogP contribution in [-0.4, -0.2) is 19.0 Å². The molecule has 1 unspecified atom stereocenters. The van der Waals surface area contributed by atoms with Crippen LogP contribution in [-0.2, 0) is 4.79 Å². The van der Waals surface area contributed by atoms with Crippen LogP contribution in [0.2, 0.25) is 0 Å². The number of nitrogens with one attached hydrogen (secondary N) is 3. The summed E-state index contributed by atoms with van der Waals surface area (Å²) >= 11 is 0. The molecule has 5 N–H and O–H groups in total. The molecule has 1 heterocycles. The highest BCUT2D eigenvalue weighted by molar-refractivity contribution is 5.76. The molecule has 1 atom stereocenters. The Bertz CT molecular complexity index is 140. The average molecular weight is 172 g/mol. The van der Waals surface area contributed by atoms with Gasteiger partial charge in [-0.2, -0.15) is 5.53 Å². The van der Waals surface area contributed by atoms with Gasteiger partial charge in [0, 0.05) is 13.1 Å². The van der Waals surface area contributed by atoms with Crippen LogP contribution in [0.15, 0.2) is 0 Å². The highest BCUT2D eigenvalue weighted by Gasteiger charge is 2.14. The molecule has 0 aromatic rings. The van der Waals surface area contributed by atoms with Crippen LogP contribution >= 0.6 is 0 Å². The quantitative estimate of drug-likeness (QED) is 0.403. The van der Waals surface area contributed by atoms with Gasteiger partial charge in [0.05, 0.1) is 5.92 Å². The SMILES string of the molecule is NC(=O)C1CCCCNNNC1. The van der Waals surface area contributed by atoms with Gasteiger partial charge in [0.1, 0.15) is 0 Å². The fraction of sp³-hybridized carbons (Fsp3) is 0.857. The van der Waals surface area contributed by atoms with Crippen molar-refractivity contribution < 1.29 is 4.79 Å². The van der Waals surface area contributed by atoms with Gasteiger partial charge in [-0.05, 0) is 12.8 Å². The first-order valence-corrected chi connectivity index (χ1v) is 4.31. The predicted molar refractivity (Wildman–Crippen MR) is 45.7 cm³/mol. The van der Waals surface area contributed by atoms with Crippen LogP contribution in [0.25, 0.3) is 0 Å². The van der Waals surface area contributed by atoms with E-state index >= 15 is 0 Å². The van der Waals surface area contributed by atoms with Gasteiger partial charge in [0.2, 0.25) is 5.91 Å². The molecule has 1 rings (SSSR count). The number of hydrogen-bond acceptors (Lipinski definition) is 4. The molecule has 0 aromatic carbocycles. The first-order chi connectivity index (χ1) is 5.80. The molecular weight excluding hydrogens is 156 g/mol. The van der Waals surface area contributed by atoms with Crippen molar-refractivity contribution in [1.82, 2.24) is 16.4 Å². The third kappa shape index (κ3) is 3.17. The van der Waals surface area contributed by atoms with E-state index in [1.807, 2.05) is 0 Å². The van der Waals surface area contributed by atoms with Gasteiger partial charge in [0.15, 0.2) is 0 Å². The van der Waals surface area contributed by atoms with E-state index in [1.54, 1.807) is 0 Å².